The largest absolute Gasteiger partial charge is 0.396 e. The molecule has 0 spiro atoms. The number of nitrogen functional groups attached to an aromatic ring is 1. The average Bonchev–Trinajstić information content (AvgIpc) is 2.48. The van der Waals surface area contributed by atoms with Gasteiger partial charge in [-0.05, 0) is 42.3 Å². The van der Waals surface area contributed by atoms with E-state index in [-0.39, 0.29) is 11.6 Å². The SMILES string of the molecule is CN(CCc1ccncc1)C(=O)c1ccc(F)c(N)c1. The maximum absolute atomic E-state index is 13.1. The second-order valence-corrected chi connectivity index (χ2v) is 4.57. The van der Waals surface area contributed by atoms with E-state index in [1.165, 1.54) is 18.2 Å². The summed E-state index contributed by atoms with van der Waals surface area (Å²) in [5, 5.41) is 0. The first-order valence-corrected chi connectivity index (χ1v) is 6.27. The van der Waals surface area contributed by atoms with Crippen LogP contribution >= 0.6 is 0 Å². The van der Waals surface area contributed by atoms with Crippen LogP contribution in [0.1, 0.15) is 15.9 Å². The van der Waals surface area contributed by atoms with Crippen LogP contribution in [-0.4, -0.2) is 29.4 Å². The van der Waals surface area contributed by atoms with Gasteiger partial charge in [0.1, 0.15) is 5.82 Å². The molecule has 0 atom stereocenters. The summed E-state index contributed by atoms with van der Waals surface area (Å²) in [6.45, 7) is 0.570. The van der Waals surface area contributed by atoms with E-state index in [0.29, 0.717) is 12.1 Å². The summed E-state index contributed by atoms with van der Waals surface area (Å²) in [5.41, 5.74) is 6.95. The molecule has 1 aromatic carbocycles. The van der Waals surface area contributed by atoms with Crippen molar-refractivity contribution in [2.24, 2.45) is 0 Å². The third-order valence-corrected chi connectivity index (χ3v) is 3.07. The van der Waals surface area contributed by atoms with Gasteiger partial charge in [0.25, 0.3) is 5.91 Å². The van der Waals surface area contributed by atoms with Crippen LogP contribution < -0.4 is 5.73 Å². The van der Waals surface area contributed by atoms with Crippen LogP contribution in [0.5, 0.6) is 0 Å². The van der Waals surface area contributed by atoms with E-state index in [0.717, 1.165) is 12.0 Å². The first kappa shape index (κ1) is 14.0. The molecule has 0 unspecified atom stereocenters. The molecule has 104 valence electrons. The molecular weight excluding hydrogens is 257 g/mol. The molecule has 5 heteroatoms. The fourth-order valence-corrected chi connectivity index (χ4v) is 1.84. The number of hydrogen-bond acceptors (Lipinski definition) is 3. The summed E-state index contributed by atoms with van der Waals surface area (Å²) in [6, 6.07) is 7.83. The summed E-state index contributed by atoms with van der Waals surface area (Å²) in [4.78, 5) is 17.7. The van der Waals surface area contributed by atoms with Gasteiger partial charge < -0.3 is 10.6 Å². The molecule has 1 amide bonds. The van der Waals surface area contributed by atoms with Gasteiger partial charge in [-0.15, -0.1) is 0 Å². The number of halogens is 1. The summed E-state index contributed by atoms with van der Waals surface area (Å²) in [6.07, 6.45) is 4.18. The van der Waals surface area contributed by atoms with Crippen LogP contribution in [0.15, 0.2) is 42.7 Å². The molecule has 0 aliphatic carbocycles. The van der Waals surface area contributed by atoms with Gasteiger partial charge in [-0.3, -0.25) is 9.78 Å². The van der Waals surface area contributed by atoms with Crippen LogP contribution in [0, 0.1) is 5.82 Å². The van der Waals surface area contributed by atoms with Crippen molar-refractivity contribution in [2.75, 3.05) is 19.3 Å². The quantitative estimate of drug-likeness (QED) is 0.868. The molecule has 0 saturated heterocycles. The highest BCUT2D eigenvalue weighted by molar-refractivity contribution is 5.94. The maximum atomic E-state index is 13.1. The van der Waals surface area contributed by atoms with Crippen molar-refractivity contribution in [1.82, 2.24) is 9.88 Å². The van der Waals surface area contributed by atoms with Gasteiger partial charge in [-0.1, -0.05) is 0 Å². The molecule has 20 heavy (non-hydrogen) atoms. The molecule has 0 saturated carbocycles. The number of nitrogens with zero attached hydrogens (tertiary/aromatic N) is 2. The predicted molar refractivity (Wildman–Crippen MR) is 75.7 cm³/mol. The zero-order chi connectivity index (χ0) is 14.5. The second-order valence-electron chi connectivity index (χ2n) is 4.57. The summed E-state index contributed by atoms with van der Waals surface area (Å²) in [5.74, 6) is -0.688. The van der Waals surface area contributed by atoms with Gasteiger partial charge in [-0.2, -0.15) is 0 Å². The normalized spacial score (nSPS) is 10.3. The third-order valence-electron chi connectivity index (χ3n) is 3.07. The minimum Gasteiger partial charge on any atom is -0.396 e. The van der Waals surface area contributed by atoms with Crippen LogP contribution in [0.2, 0.25) is 0 Å². The molecule has 2 rings (SSSR count). The van der Waals surface area contributed by atoms with Crippen molar-refractivity contribution in [1.29, 1.82) is 0 Å². The van der Waals surface area contributed by atoms with Crippen LogP contribution in [-0.2, 0) is 6.42 Å². The fraction of sp³-hybridized carbons (Fsp3) is 0.200. The number of nitrogens with two attached hydrogens (primary N) is 1. The number of likely N-dealkylation sites (N-methyl/N-ethyl adjacent to an activating group) is 1. The monoisotopic (exact) mass is 273 g/mol. The fourth-order valence-electron chi connectivity index (χ4n) is 1.84. The van der Waals surface area contributed by atoms with Crippen LogP contribution in [0.3, 0.4) is 0 Å². The standard InChI is InChI=1S/C15H16FN3O/c1-19(9-6-11-4-7-18-8-5-11)15(20)12-2-3-13(16)14(17)10-12/h2-5,7-8,10H,6,9,17H2,1H3. The molecule has 2 N–H and O–H groups in total. The summed E-state index contributed by atoms with van der Waals surface area (Å²) < 4.78 is 13.1. The molecule has 0 radical (unpaired) electrons. The Kier molecular flexibility index (Phi) is 4.30. The van der Waals surface area contributed by atoms with Crippen molar-refractivity contribution in [3.05, 3.63) is 59.7 Å². The Hall–Kier alpha value is -2.43. The molecule has 0 aliphatic heterocycles. The Morgan fingerprint density at radius 3 is 2.65 bits per heavy atom. The summed E-state index contributed by atoms with van der Waals surface area (Å²) >= 11 is 0. The Bertz CT molecular complexity index is 601. The van der Waals surface area contributed by atoms with E-state index in [4.69, 9.17) is 5.73 Å². The molecule has 4 nitrogen and oxygen atoms in total. The van der Waals surface area contributed by atoms with E-state index in [1.54, 1.807) is 24.3 Å². The molecule has 0 fully saturated rings. The first-order valence-electron chi connectivity index (χ1n) is 6.27. The lowest BCUT2D eigenvalue weighted by atomic mass is 10.1. The van der Waals surface area contributed by atoms with Gasteiger partial charge in [0.2, 0.25) is 0 Å². The molecule has 1 heterocycles. The lowest BCUT2D eigenvalue weighted by molar-refractivity contribution is 0.0796. The minimum atomic E-state index is -0.513. The zero-order valence-corrected chi connectivity index (χ0v) is 11.2. The number of aromatic nitrogens is 1. The van der Waals surface area contributed by atoms with E-state index >= 15 is 0 Å². The molecule has 0 bridgehead atoms. The lowest BCUT2D eigenvalue weighted by Gasteiger charge is -2.17. The topological polar surface area (TPSA) is 59.2 Å². The number of carbonyl (C=O) groups is 1. The number of carbonyl (C=O) groups excluding carboxylic acids is 1. The minimum absolute atomic E-state index is 0.0154. The van der Waals surface area contributed by atoms with Gasteiger partial charge in [0.15, 0.2) is 0 Å². The molecular formula is C15H16FN3O. The van der Waals surface area contributed by atoms with E-state index in [2.05, 4.69) is 4.98 Å². The van der Waals surface area contributed by atoms with Crippen molar-refractivity contribution in [3.8, 4) is 0 Å². The van der Waals surface area contributed by atoms with Crippen molar-refractivity contribution < 1.29 is 9.18 Å². The Labute approximate surface area is 117 Å². The Morgan fingerprint density at radius 1 is 1.30 bits per heavy atom. The number of benzene rings is 1. The maximum Gasteiger partial charge on any atom is 0.253 e. The van der Waals surface area contributed by atoms with Gasteiger partial charge in [0, 0.05) is 31.5 Å². The molecule has 1 aromatic heterocycles. The Morgan fingerprint density at radius 2 is 2.00 bits per heavy atom. The number of anilines is 1. The van der Waals surface area contributed by atoms with Crippen molar-refractivity contribution in [2.45, 2.75) is 6.42 Å². The zero-order valence-electron chi connectivity index (χ0n) is 11.2. The lowest BCUT2D eigenvalue weighted by Crippen LogP contribution is -2.29. The van der Waals surface area contributed by atoms with E-state index in [1.807, 2.05) is 12.1 Å². The van der Waals surface area contributed by atoms with E-state index in [9.17, 15) is 9.18 Å². The number of pyridine rings is 1. The highest BCUT2D eigenvalue weighted by Crippen LogP contribution is 2.14. The Balaban J connectivity index is 1.99. The third kappa shape index (κ3) is 3.32. The van der Waals surface area contributed by atoms with Crippen molar-refractivity contribution in [3.63, 3.8) is 0 Å². The number of hydrogen-bond donors (Lipinski definition) is 1. The average molecular weight is 273 g/mol. The second kappa shape index (κ2) is 6.14. The van der Waals surface area contributed by atoms with Gasteiger partial charge >= 0.3 is 0 Å². The molecule has 0 aliphatic rings. The number of rotatable bonds is 4. The van der Waals surface area contributed by atoms with Crippen LogP contribution in [0.4, 0.5) is 10.1 Å². The van der Waals surface area contributed by atoms with Gasteiger partial charge in [0.05, 0.1) is 5.69 Å². The highest BCUT2D eigenvalue weighted by Gasteiger charge is 2.13. The first-order chi connectivity index (χ1) is 9.58. The van der Waals surface area contributed by atoms with E-state index < -0.39 is 5.82 Å². The number of amides is 1. The predicted octanol–water partition coefficient (Wildman–Crippen LogP) is 2.12. The van der Waals surface area contributed by atoms with Gasteiger partial charge in [-0.25, -0.2) is 4.39 Å². The van der Waals surface area contributed by atoms with Crippen LogP contribution in [0.25, 0.3) is 0 Å². The highest BCUT2D eigenvalue weighted by atomic mass is 19.1. The summed E-state index contributed by atoms with van der Waals surface area (Å²) in [7, 11) is 1.71. The van der Waals surface area contributed by atoms with Crippen molar-refractivity contribution >= 4 is 11.6 Å². The smallest absolute Gasteiger partial charge is 0.253 e. The molecule has 2 aromatic rings.